The summed E-state index contributed by atoms with van der Waals surface area (Å²) in [6.07, 6.45) is 3.41. The Hall–Kier alpha value is -2.31. The van der Waals surface area contributed by atoms with Crippen LogP contribution in [0.25, 0.3) is 0 Å². The van der Waals surface area contributed by atoms with Gasteiger partial charge in [0.15, 0.2) is 0 Å². The van der Waals surface area contributed by atoms with Crippen molar-refractivity contribution in [2.75, 3.05) is 19.6 Å². The van der Waals surface area contributed by atoms with Gasteiger partial charge in [-0.1, -0.05) is 38.1 Å². The van der Waals surface area contributed by atoms with Crippen molar-refractivity contribution in [2.24, 2.45) is 0 Å². The number of aromatic nitrogens is 2. The molecule has 1 amide bonds. The SMILES string of the molecule is CC.O=C(NC[C@H](O)CN1CCc2ccccc2C1)c1ncccn1. The zero-order chi connectivity index (χ0) is 18.1. The normalized spacial score (nSPS) is 14.7. The van der Waals surface area contributed by atoms with Gasteiger partial charge in [0, 0.05) is 38.6 Å². The number of aliphatic hydroxyl groups excluding tert-OH is 1. The van der Waals surface area contributed by atoms with E-state index in [0.29, 0.717) is 6.54 Å². The van der Waals surface area contributed by atoms with Crippen LogP contribution in [0.4, 0.5) is 0 Å². The highest BCUT2D eigenvalue weighted by molar-refractivity contribution is 5.90. The van der Waals surface area contributed by atoms with Crippen LogP contribution in [-0.4, -0.2) is 51.6 Å². The summed E-state index contributed by atoms with van der Waals surface area (Å²) in [4.78, 5) is 21.8. The third-order valence-corrected chi connectivity index (χ3v) is 3.95. The lowest BCUT2D eigenvalue weighted by Crippen LogP contribution is -2.42. The Kier molecular flexibility index (Phi) is 7.50. The van der Waals surface area contributed by atoms with Gasteiger partial charge in [0.1, 0.15) is 0 Å². The van der Waals surface area contributed by atoms with Crippen LogP contribution in [-0.2, 0) is 13.0 Å². The van der Waals surface area contributed by atoms with Crippen molar-refractivity contribution in [3.63, 3.8) is 0 Å². The fourth-order valence-electron chi connectivity index (χ4n) is 2.78. The number of fused-ring (bicyclic) bond motifs is 1. The Morgan fingerprint density at radius 3 is 2.60 bits per heavy atom. The lowest BCUT2D eigenvalue weighted by Gasteiger charge is -2.30. The molecule has 1 aliphatic heterocycles. The summed E-state index contributed by atoms with van der Waals surface area (Å²) < 4.78 is 0. The van der Waals surface area contributed by atoms with E-state index in [-0.39, 0.29) is 18.3 Å². The van der Waals surface area contributed by atoms with Crippen LogP contribution in [0.5, 0.6) is 0 Å². The van der Waals surface area contributed by atoms with E-state index < -0.39 is 6.10 Å². The van der Waals surface area contributed by atoms with Gasteiger partial charge in [-0.3, -0.25) is 9.69 Å². The van der Waals surface area contributed by atoms with Gasteiger partial charge in [0.05, 0.1) is 6.10 Å². The molecule has 2 N–H and O–H groups in total. The van der Waals surface area contributed by atoms with Crippen molar-refractivity contribution in [1.29, 1.82) is 0 Å². The molecule has 0 radical (unpaired) electrons. The van der Waals surface area contributed by atoms with Crippen LogP contribution in [0, 0.1) is 0 Å². The minimum absolute atomic E-state index is 0.117. The third-order valence-electron chi connectivity index (χ3n) is 3.95. The molecule has 6 nitrogen and oxygen atoms in total. The maximum atomic E-state index is 11.8. The highest BCUT2D eigenvalue weighted by Crippen LogP contribution is 2.18. The van der Waals surface area contributed by atoms with E-state index in [1.54, 1.807) is 6.07 Å². The first-order valence-corrected chi connectivity index (χ1v) is 8.75. The number of hydrogen-bond donors (Lipinski definition) is 2. The first-order chi connectivity index (χ1) is 12.2. The molecule has 0 unspecified atom stereocenters. The number of carbonyl (C=O) groups excluding carboxylic acids is 1. The predicted molar refractivity (Wildman–Crippen MR) is 97.1 cm³/mol. The van der Waals surface area contributed by atoms with Gasteiger partial charge in [-0.2, -0.15) is 0 Å². The van der Waals surface area contributed by atoms with E-state index >= 15 is 0 Å². The van der Waals surface area contributed by atoms with E-state index in [2.05, 4.69) is 38.4 Å². The number of nitrogens with one attached hydrogen (secondary N) is 1. The average Bonchev–Trinajstić information content (AvgIpc) is 2.68. The molecular formula is C19H26N4O2. The van der Waals surface area contributed by atoms with Crippen LogP contribution in [0.15, 0.2) is 42.7 Å². The second kappa shape index (κ2) is 9.86. The van der Waals surface area contributed by atoms with Crippen LogP contribution in [0.2, 0.25) is 0 Å². The van der Waals surface area contributed by atoms with Crippen LogP contribution in [0.1, 0.15) is 35.6 Å². The summed E-state index contributed by atoms with van der Waals surface area (Å²) in [5.41, 5.74) is 2.69. The number of amides is 1. The lowest BCUT2D eigenvalue weighted by atomic mass is 10.00. The van der Waals surface area contributed by atoms with Crippen molar-refractivity contribution in [2.45, 2.75) is 32.9 Å². The van der Waals surface area contributed by atoms with Crippen molar-refractivity contribution < 1.29 is 9.90 Å². The quantitative estimate of drug-likeness (QED) is 0.864. The van der Waals surface area contributed by atoms with Gasteiger partial charge in [0.25, 0.3) is 5.91 Å². The number of aliphatic hydroxyl groups is 1. The highest BCUT2D eigenvalue weighted by Gasteiger charge is 2.19. The maximum Gasteiger partial charge on any atom is 0.289 e. The van der Waals surface area contributed by atoms with Crippen molar-refractivity contribution in [3.8, 4) is 0 Å². The summed E-state index contributed by atoms with van der Waals surface area (Å²) in [6, 6.07) is 10.0. The zero-order valence-corrected chi connectivity index (χ0v) is 14.9. The Morgan fingerprint density at radius 1 is 1.20 bits per heavy atom. The number of rotatable bonds is 5. The Morgan fingerprint density at radius 2 is 1.88 bits per heavy atom. The lowest BCUT2D eigenvalue weighted by molar-refractivity contribution is 0.0834. The van der Waals surface area contributed by atoms with Crippen molar-refractivity contribution in [3.05, 3.63) is 59.7 Å². The van der Waals surface area contributed by atoms with E-state index in [9.17, 15) is 9.90 Å². The van der Waals surface area contributed by atoms with Crippen LogP contribution >= 0.6 is 0 Å². The molecule has 0 aliphatic carbocycles. The Bertz CT molecular complexity index is 663. The first-order valence-electron chi connectivity index (χ1n) is 8.75. The van der Waals surface area contributed by atoms with Crippen molar-refractivity contribution >= 4 is 5.91 Å². The van der Waals surface area contributed by atoms with Gasteiger partial charge in [0.2, 0.25) is 5.82 Å². The molecule has 1 aromatic heterocycles. The summed E-state index contributed by atoms with van der Waals surface area (Å²) >= 11 is 0. The molecule has 1 aromatic carbocycles. The second-order valence-electron chi connectivity index (χ2n) is 5.69. The topological polar surface area (TPSA) is 78.4 Å². The number of benzene rings is 1. The van der Waals surface area contributed by atoms with Crippen LogP contribution < -0.4 is 5.32 Å². The molecule has 0 saturated carbocycles. The number of carbonyl (C=O) groups is 1. The van der Waals surface area contributed by atoms with E-state index in [1.165, 1.54) is 23.5 Å². The second-order valence-corrected chi connectivity index (χ2v) is 5.69. The molecule has 25 heavy (non-hydrogen) atoms. The smallest absolute Gasteiger partial charge is 0.289 e. The molecule has 6 heteroatoms. The summed E-state index contributed by atoms with van der Waals surface area (Å²) in [5, 5.41) is 12.8. The molecule has 134 valence electrons. The zero-order valence-electron chi connectivity index (χ0n) is 14.9. The molecule has 3 rings (SSSR count). The largest absolute Gasteiger partial charge is 0.390 e. The summed E-state index contributed by atoms with van der Waals surface area (Å²) in [6.45, 7) is 6.48. The fourth-order valence-corrected chi connectivity index (χ4v) is 2.78. The molecule has 0 spiro atoms. The van der Waals surface area contributed by atoms with Gasteiger partial charge in [-0.05, 0) is 23.6 Å². The molecule has 1 aliphatic rings. The van der Waals surface area contributed by atoms with E-state index in [0.717, 1.165) is 19.5 Å². The molecule has 2 aromatic rings. The summed E-state index contributed by atoms with van der Waals surface area (Å²) in [7, 11) is 0. The molecule has 0 bridgehead atoms. The summed E-state index contributed by atoms with van der Waals surface area (Å²) in [5.74, 6) is -0.250. The predicted octanol–water partition coefficient (Wildman–Crippen LogP) is 1.65. The maximum absolute atomic E-state index is 11.8. The third kappa shape index (κ3) is 5.62. The molecule has 0 fully saturated rings. The Labute approximate surface area is 148 Å². The molecule has 1 atom stereocenters. The molecular weight excluding hydrogens is 316 g/mol. The van der Waals surface area contributed by atoms with Gasteiger partial charge >= 0.3 is 0 Å². The number of β-amino-alcohol motifs (C(OH)–C–C–N with tert-alkyl or cyclic N) is 1. The van der Waals surface area contributed by atoms with Gasteiger partial charge in [-0.25, -0.2) is 9.97 Å². The standard InChI is InChI=1S/C17H20N4O2.C2H6/c22-15(10-20-17(23)16-18-7-3-8-19-16)12-21-9-6-13-4-1-2-5-14(13)11-21;1-2/h1-5,7-8,15,22H,6,9-12H2,(H,20,23);1-2H3/t15-;/m0./s1. The number of nitrogens with zero attached hydrogens (tertiary/aromatic N) is 3. The van der Waals surface area contributed by atoms with Gasteiger partial charge < -0.3 is 10.4 Å². The highest BCUT2D eigenvalue weighted by atomic mass is 16.3. The minimum atomic E-state index is -0.618. The average molecular weight is 342 g/mol. The minimum Gasteiger partial charge on any atom is -0.390 e. The van der Waals surface area contributed by atoms with Gasteiger partial charge in [-0.15, -0.1) is 0 Å². The molecule has 0 saturated heterocycles. The molecule has 2 heterocycles. The number of hydrogen-bond acceptors (Lipinski definition) is 5. The monoisotopic (exact) mass is 342 g/mol. The fraction of sp³-hybridized carbons (Fsp3) is 0.421. The van der Waals surface area contributed by atoms with Crippen LogP contribution in [0.3, 0.4) is 0 Å². The first kappa shape index (κ1) is 19.0. The van der Waals surface area contributed by atoms with Crippen molar-refractivity contribution in [1.82, 2.24) is 20.2 Å². The van der Waals surface area contributed by atoms with E-state index in [1.807, 2.05) is 19.9 Å². The Balaban J connectivity index is 0.00000109. The van der Waals surface area contributed by atoms with E-state index in [4.69, 9.17) is 0 Å².